The Morgan fingerprint density at radius 1 is 0.800 bits per heavy atom. The van der Waals surface area contributed by atoms with Crippen LogP contribution in [-0.4, -0.2) is 70.9 Å². The molecule has 0 bridgehead atoms. The Labute approximate surface area is 231 Å². The first kappa shape index (κ1) is 27.1. The first-order valence-corrected chi connectivity index (χ1v) is 13.5. The number of hydrogen-bond donors (Lipinski definition) is 0. The van der Waals surface area contributed by atoms with Crippen molar-refractivity contribution < 1.29 is 33.2 Å². The molecule has 3 aromatic rings. The zero-order valence-electron chi connectivity index (χ0n) is 22.1. The zero-order chi connectivity index (χ0) is 27.7. The van der Waals surface area contributed by atoms with E-state index in [2.05, 4.69) is 15.1 Å². The molecule has 12 nitrogen and oxygen atoms in total. The topological polar surface area (TPSA) is 128 Å². The number of urea groups is 1. The van der Waals surface area contributed by atoms with Crippen LogP contribution in [0.4, 0.5) is 10.5 Å². The number of hydroxylamine groups is 3. The van der Waals surface area contributed by atoms with Crippen LogP contribution in [0.2, 0.25) is 0 Å². The molecule has 0 aliphatic carbocycles. The lowest BCUT2D eigenvalue weighted by Crippen LogP contribution is -2.42. The smallest absolute Gasteiger partial charge is 0.444 e. The second kappa shape index (κ2) is 13.1. The number of carbonyl (C=O) groups is 3. The standard InChI is InChI=1S/C28H31N5O7/c34-26-27(35)40-33(28(36)32(39-26)19-8-18-31-16-5-6-17-31)22-14-12-21(13-15-22)25-30-29-24(38-25)11-4-7-20-37-23-9-2-1-3-10-23/h1-3,9-10,12-15H,4-8,11,16-20H2. The van der Waals surface area contributed by atoms with Crippen LogP contribution < -0.4 is 9.80 Å². The van der Waals surface area contributed by atoms with E-state index >= 15 is 0 Å². The molecule has 0 unspecified atom stereocenters. The minimum atomic E-state index is -1.28. The lowest BCUT2D eigenvalue weighted by atomic mass is 10.2. The summed E-state index contributed by atoms with van der Waals surface area (Å²) in [5, 5.41) is 9.85. The number of carbonyl (C=O) groups excluding carboxylic acids is 3. The molecule has 40 heavy (non-hydrogen) atoms. The van der Waals surface area contributed by atoms with E-state index in [0.29, 0.717) is 36.8 Å². The van der Waals surface area contributed by atoms with Crippen molar-refractivity contribution in [1.29, 1.82) is 0 Å². The van der Waals surface area contributed by atoms with Crippen molar-refractivity contribution in [2.24, 2.45) is 0 Å². The van der Waals surface area contributed by atoms with Gasteiger partial charge >= 0.3 is 18.0 Å². The molecule has 2 fully saturated rings. The second-order valence-electron chi connectivity index (χ2n) is 9.51. The van der Waals surface area contributed by atoms with E-state index in [1.54, 1.807) is 24.3 Å². The summed E-state index contributed by atoms with van der Waals surface area (Å²) in [6, 6.07) is 15.3. The Morgan fingerprint density at radius 2 is 1.55 bits per heavy atom. The van der Waals surface area contributed by atoms with Gasteiger partial charge in [-0.3, -0.25) is 0 Å². The van der Waals surface area contributed by atoms with Crippen molar-refractivity contribution in [1.82, 2.24) is 20.2 Å². The first-order chi connectivity index (χ1) is 19.6. The van der Waals surface area contributed by atoms with Gasteiger partial charge in [0.15, 0.2) is 0 Å². The van der Waals surface area contributed by atoms with E-state index in [0.717, 1.165) is 61.2 Å². The molecule has 5 rings (SSSR count). The van der Waals surface area contributed by atoms with Crippen molar-refractivity contribution in [3.63, 3.8) is 0 Å². The highest BCUT2D eigenvalue weighted by Gasteiger charge is 2.37. The first-order valence-electron chi connectivity index (χ1n) is 13.5. The van der Waals surface area contributed by atoms with Gasteiger partial charge in [-0.2, -0.15) is 0 Å². The van der Waals surface area contributed by atoms with Gasteiger partial charge in [0.25, 0.3) is 0 Å². The molecule has 210 valence electrons. The molecule has 2 aliphatic heterocycles. The van der Waals surface area contributed by atoms with Gasteiger partial charge in [-0.15, -0.1) is 20.3 Å². The second-order valence-corrected chi connectivity index (χ2v) is 9.51. The normalized spacial score (nSPS) is 16.1. The minimum Gasteiger partial charge on any atom is -0.494 e. The van der Waals surface area contributed by atoms with Crippen LogP contribution in [0.15, 0.2) is 59.0 Å². The molecule has 2 aromatic carbocycles. The highest BCUT2D eigenvalue weighted by atomic mass is 16.8. The van der Waals surface area contributed by atoms with Gasteiger partial charge in [0.2, 0.25) is 11.8 Å². The molecule has 3 heterocycles. The van der Waals surface area contributed by atoms with Gasteiger partial charge in [-0.1, -0.05) is 18.2 Å². The Morgan fingerprint density at radius 3 is 2.33 bits per heavy atom. The van der Waals surface area contributed by atoms with E-state index < -0.39 is 18.0 Å². The molecule has 1 aromatic heterocycles. The monoisotopic (exact) mass is 549 g/mol. The number of likely N-dealkylation sites (tertiary alicyclic amines) is 1. The Bertz CT molecular complexity index is 1290. The summed E-state index contributed by atoms with van der Waals surface area (Å²) in [6.45, 7) is 3.52. The number of benzene rings is 2. The summed E-state index contributed by atoms with van der Waals surface area (Å²) < 4.78 is 11.5. The average Bonchev–Trinajstić information content (AvgIpc) is 3.66. The zero-order valence-corrected chi connectivity index (χ0v) is 22.1. The quantitative estimate of drug-likeness (QED) is 0.243. The van der Waals surface area contributed by atoms with Crippen molar-refractivity contribution in [3.05, 3.63) is 60.5 Å². The average molecular weight is 550 g/mol. The highest BCUT2D eigenvalue weighted by molar-refractivity contribution is 6.30. The van der Waals surface area contributed by atoms with Crippen LogP contribution in [-0.2, 0) is 25.7 Å². The number of anilines is 1. The fourth-order valence-corrected chi connectivity index (χ4v) is 4.48. The van der Waals surface area contributed by atoms with Crippen molar-refractivity contribution in [3.8, 4) is 17.2 Å². The molecular weight excluding hydrogens is 518 g/mol. The fourth-order valence-electron chi connectivity index (χ4n) is 4.48. The number of nitrogens with zero attached hydrogens (tertiary/aromatic N) is 5. The van der Waals surface area contributed by atoms with E-state index in [4.69, 9.17) is 18.8 Å². The molecule has 2 saturated heterocycles. The maximum Gasteiger partial charge on any atom is 0.444 e. The van der Waals surface area contributed by atoms with Gasteiger partial charge in [0, 0.05) is 12.0 Å². The molecule has 0 N–H and O–H groups in total. The Kier molecular flexibility index (Phi) is 8.86. The van der Waals surface area contributed by atoms with Crippen molar-refractivity contribution in [2.75, 3.05) is 37.8 Å². The number of aromatic nitrogens is 2. The van der Waals surface area contributed by atoms with Crippen molar-refractivity contribution in [2.45, 2.75) is 38.5 Å². The van der Waals surface area contributed by atoms with Crippen LogP contribution in [0, 0.1) is 0 Å². The van der Waals surface area contributed by atoms with E-state index in [1.807, 2.05) is 30.3 Å². The van der Waals surface area contributed by atoms with Gasteiger partial charge in [-0.25, -0.2) is 14.4 Å². The molecule has 12 heteroatoms. The fraction of sp³-hybridized carbons (Fsp3) is 0.393. The van der Waals surface area contributed by atoms with Crippen LogP contribution in [0.3, 0.4) is 0 Å². The molecule has 0 saturated carbocycles. The summed E-state index contributed by atoms with van der Waals surface area (Å²) in [5.74, 6) is -0.861. The highest BCUT2D eigenvalue weighted by Crippen LogP contribution is 2.25. The largest absolute Gasteiger partial charge is 0.494 e. The SMILES string of the molecule is O=C1ON(CCCN2CCCC2)C(=O)N(c2ccc(-c3nnc(CCCCOc4ccccc4)o3)cc2)OC1=O. The Hall–Kier alpha value is -4.45. The number of para-hydroxylation sites is 1. The summed E-state index contributed by atoms with van der Waals surface area (Å²) in [4.78, 5) is 49.5. The summed E-state index contributed by atoms with van der Waals surface area (Å²) in [6.07, 6.45) is 5.16. The van der Waals surface area contributed by atoms with E-state index in [1.165, 1.54) is 0 Å². The van der Waals surface area contributed by atoms with Gasteiger partial charge in [0.05, 0.1) is 18.8 Å². The lowest BCUT2D eigenvalue weighted by molar-refractivity contribution is -0.183. The molecule has 0 spiro atoms. The van der Waals surface area contributed by atoms with Gasteiger partial charge in [-0.05, 0) is 88.1 Å². The van der Waals surface area contributed by atoms with E-state index in [-0.39, 0.29) is 12.2 Å². The lowest BCUT2D eigenvalue weighted by Gasteiger charge is -2.24. The van der Waals surface area contributed by atoms with Gasteiger partial charge < -0.3 is 23.7 Å². The maximum atomic E-state index is 13.1. The predicted molar refractivity (Wildman–Crippen MR) is 142 cm³/mol. The summed E-state index contributed by atoms with van der Waals surface area (Å²) in [5.41, 5.74) is 0.862. The molecule has 0 radical (unpaired) electrons. The van der Waals surface area contributed by atoms with Crippen LogP contribution in [0.25, 0.3) is 11.5 Å². The molecule has 2 amide bonds. The third-order valence-corrected chi connectivity index (χ3v) is 6.57. The minimum absolute atomic E-state index is 0.134. The van der Waals surface area contributed by atoms with Gasteiger partial charge in [0.1, 0.15) is 5.75 Å². The van der Waals surface area contributed by atoms with Crippen LogP contribution in [0.1, 0.15) is 38.0 Å². The predicted octanol–water partition coefficient (Wildman–Crippen LogP) is 3.78. The molecule has 0 atom stereocenters. The number of amides is 2. The summed E-state index contributed by atoms with van der Waals surface area (Å²) in [7, 11) is 0. The van der Waals surface area contributed by atoms with Crippen LogP contribution in [0.5, 0.6) is 5.75 Å². The number of ether oxygens (including phenoxy) is 1. The molecule has 2 aliphatic rings. The number of hydrogen-bond acceptors (Lipinski definition) is 10. The van der Waals surface area contributed by atoms with Crippen LogP contribution >= 0.6 is 0 Å². The number of rotatable bonds is 12. The third-order valence-electron chi connectivity index (χ3n) is 6.57. The third kappa shape index (κ3) is 6.94. The maximum absolute atomic E-state index is 13.1. The summed E-state index contributed by atoms with van der Waals surface area (Å²) >= 11 is 0. The Balaban J connectivity index is 1.15. The number of aryl methyl sites for hydroxylation is 1. The molecular formula is C28H31N5O7. The number of unbranched alkanes of at least 4 members (excludes halogenated alkanes) is 1. The van der Waals surface area contributed by atoms with Crippen molar-refractivity contribution >= 4 is 23.7 Å². The van der Waals surface area contributed by atoms with E-state index in [9.17, 15) is 14.4 Å².